The highest BCUT2D eigenvalue weighted by molar-refractivity contribution is 9.09. The Hall–Kier alpha value is 0.180. The Morgan fingerprint density at radius 3 is 2.00 bits per heavy atom. The van der Waals surface area contributed by atoms with E-state index in [0.717, 1.165) is 17.1 Å². The van der Waals surface area contributed by atoms with Gasteiger partial charge >= 0.3 is 0 Å². The topological polar surface area (TPSA) is 0 Å². The molecule has 0 aliphatic carbocycles. The molecule has 0 N–H and O–H groups in total. The summed E-state index contributed by atoms with van der Waals surface area (Å²) in [6.07, 6.45) is 2.33. The van der Waals surface area contributed by atoms with Gasteiger partial charge in [-0.2, -0.15) is 0 Å². The van der Waals surface area contributed by atoms with E-state index in [0.29, 0.717) is 5.41 Å². The lowest BCUT2D eigenvalue weighted by Gasteiger charge is -2.28. The van der Waals surface area contributed by atoms with Gasteiger partial charge in [0.1, 0.15) is 0 Å². The van der Waals surface area contributed by atoms with Crippen LogP contribution in [0.2, 0.25) is 0 Å². The van der Waals surface area contributed by atoms with Gasteiger partial charge in [-0.1, -0.05) is 68.6 Å². The first-order valence-electron chi connectivity index (χ1n) is 5.33. The predicted molar refractivity (Wildman–Crippen MR) is 75.2 cm³/mol. The molecule has 0 saturated carbocycles. The summed E-state index contributed by atoms with van der Waals surface area (Å²) in [5.41, 5.74) is 3.12. The Kier molecular flexibility index (Phi) is 5.34. The van der Waals surface area contributed by atoms with Crippen LogP contribution in [0.1, 0.15) is 24.5 Å². The maximum Gasteiger partial charge on any atom is 0.00990 e. The van der Waals surface area contributed by atoms with Gasteiger partial charge in [0.25, 0.3) is 0 Å². The highest BCUT2D eigenvalue weighted by Crippen LogP contribution is 2.31. The fraction of sp³-hybridized carbons (Fsp3) is 0.538. The summed E-state index contributed by atoms with van der Waals surface area (Å²) < 4.78 is 0. The second-order valence-electron chi connectivity index (χ2n) is 4.28. The van der Waals surface area contributed by atoms with Crippen LogP contribution in [0.25, 0.3) is 0 Å². The van der Waals surface area contributed by atoms with Gasteiger partial charge in [0.2, 0.25) is 0 Å². The molecule has 2 heteroatoms. The van der Waals surface area contributed by atoms with Gasteiger partial charge in [-0.15, -0.1) is 0 Å². The molecule has 0 saturated heterocycles. The first kappa shape index (κ1) is 13.2. The normalized spacial score (nSPS) is 11.7. The molecule has 1 rings (SSSR count). The lowest BCUT2D eigenvalue weighted by Crippen LogP contribution is -2.26. The van der Waals surface area contributed by atoms with E-state index in [1.807, 2.05) is 0 Å². The number of hydrogen-bond acceptors (Lipinski definition) is 0. The van der Waals surface area contributed by atoms with Crippen LogP contribution in [0.15, 0.2) is 24.3 Å². The molecule has 0 aromatic heterocycles. The third kappa shape index (κ3) is 3.60. The van der Waals surface area contributed by atoms with Crippen molar-refractivity contribution in [1.82, 2.24) is 0 Å². The first-order chi connectivity index (χ1) is 7.15. The van der Waals surface area contributed by atoms with Crippen molar-refractivity contribution in [3.8, 4) is 0 Å². The Morgan fingerprint density at radius 2 is 1.60 bits per heavy atom. The summed E-state index contributed by atoms with van der Waals surface area (Å²) in [7, 11) is 0. The number of benzene rings is 1. The summed E-state index contributed by atoms with van der Waals surface area (Å²) >= 11 is 7.27. The minimum Gasteiger partial charge on any atom is -0.0922 e. The van der Waals surface area contributed by atoms with Crippen molar-refractivity contribution in [2.24, 2.45) is 5.41 Å². The minimum atomic E-state index is 0.356. The summed E-state index contributed by atoms with van der Waals surface area (Å²) in [6, 6.07) is 8.87. The lowest BCUT2D eigenvalue weighted by molar-refractivity contribution is 0.374. The molecule has 0 radical (unpaired) electrons. The van der Waals surface area contributed by atoms with Gasteiger partial charge in [-0.05, 0) is 30.7 Å². The zero-order valence-corrected chi connectivity index (χ0v) is 12.6. The predicted octanol–water partition coefficient (Wildman–Crippen LogP) is 4.72. The van der Waals surface area contributed by atoms with Crippen LogP contribution >= 0.6 is 31.9 Å². The SMILES string of the molecule is CCC(CBr)(CBr)Cc1ccc(C)cc1. The van der Waals surface area contributed by atoms with E-state index in [9.17, 15) is 0 Å². The fourth-order valence-electron chi connectivity index (χ4n) is 1.58. The lowest BCUT2D eigenvalue weighted by atomic mass is 9.83. The Morgan fingerprint density at radius 1 is 1.07 bits per heavy atom. The van der Waals surface area contributed by atoms with Gasteiger partial charge in [0.05, 0.1) is 0 Å². The molecule has 0 atom stereocenters. The molecule has 0 nitrogen and oxygen atoms in total. The Balaban J connectivity index is 2.78. The third-order valence-electron chi connectivity index (χ3n) is 3.02. The van der Waals surface area contributed by atoms with Crippen molar-refractivity contribution >= 4 is 31.9 Å². The highest BCUT2D eigenvalue weighted by atomic mass is 79.9. The quantitative estimate of drug-likeness (QED) is 0.684. The molecule has 84 valence electrons. The van der Waals surface area contributed by atoms with Crippen molar-refractivity contribution in [2.45, 2.75) is 26.7 Å². The molecule has 0 unspecified atom stereocenters. The molecule has 0 heterocycles. The van der Waals surface area contributed by atoms with Gasteiger partial charge < -0.3 is 0 Å². The average Bonchev–Trinajstić information content (AvgIpc) is 2.29. The maximum absolute atomic E-state index is 3.64. The van der Waals surface area contributed by atoms with Crippen LogP contribution < -0.4 is 0 Å². The molecule has 0 amide bonds. The molecule has 0 aliphatic rings. The molecule has 15 heavy (non-hydrogen) atoms. The molecule has 1 aromatic carbocycles. The number of aryl methyl sites for hydroxylation is 1. The van der Waals surface area contributed by atoms with Gasteiger partial charge in [0.15, 0.2) is 0 Å². The summed E-state index contributed by atoms with van der Waals surface area (Å²) in [5.74, 6) is 0. The van der Waals surface area contributed by atoms with E-state index in [2.05, 4.69) is 70.0 Å². The Labute approximate surface area is 110 Å². The smallest absolute Gasteiger partial charge is 0.00990 e. The van der Waals surface area contributed by atoms with Crippen molar-refractivity contribution in [1.29, 1.82) is 0 Å². The van der Waals surface area contributed by atoms with E-state index < -0.39 is 0 Å². The van der Waals surface area contributed by atoms with Crippen LogP contribution in [-0.4, -0.2) is 10.7 Å². The first-order valence-corrected chi connectivity index (χ1v) is 7.57. The summed E-state index contributed by atoms with van der Waals surface area (Å²) in [5, 5.41) is 2.10. The standard InChI is InChI=1S/C13H18Br2/c1-3-13(9-14,10-15)8-12-6-4-11(2)5-7-12/h4-7H,3,8-10H2,1-2H3. The molecular formula is C13H18Br2. The summed E-state index contributed by atoms with van der Waals surface area (Å²) in [4.78, 5) is 0. The van der Waals surface area contributed by atoms with E-state index in [-0.39, 0.29) is 0 Å². The van der Waals surface area contributed by atoms with Crippen molar-refractivity contribution in [3.63, 3.8) is 0 Å². The van der Waals surface area contributed by atoms with Crippen LogP contribution in [0.5, 0.6) is 0 Å². The fourth-order valence-corrected chi connectivity index (χ4v) is 3.70. The van der Waals surface area contributed by atoms with Gasteiger partial charge in [-0.3, -0.25) is 0 Å². The number of rotatable bonds is 5. The molecule has 0 spiro atoms. The maximum atomic E-state index is 3.64. The largest absolute Gasteiger partial charge is 0.0922 e. The van der Waals surface area contributed by atoms with Crippen LogP contribution in [-0.2, 0) is 6.42 Å². The number of hydrogen-bond donors (Lipinski definition) is 0. The van der Waals surface area contributed by atoms with Crippen LogP contribution in [0.3, 0.4) is 0 Å². The summed E-state index contributed by atoms with van der Waals surface area (Å²) in [6.45, 7) is 4.39. The average molecular weight is 334 g/mol. The van der Waals surface area contributed by atoms with Crippen molar-refractivity contribution in [3.05, 3.63) is 35.4 Å². The third-order valence-corrected chi connectivity index (χ3v) is 5.40. The highest BCUT2D eigenvalue weighted by Gasteiger charge is 2.25. The molecule has 1 aromatic rings. The zero-order chi connectivity index (χ0) is 11.3. The number of alkyl halides is 2. The van der Waals surface area contributed by atoms with E-state index in [4.69, 9.17) is 0 Å². The van der Waals surface area contributed by atoms with E-state index >= 15 is 0 Å². The van der Waals surface area contributed by atoms with Gasteiger partial charge in [-0.25, -0.2) is 0 Å². The Bertz CT molecular complexity index is 278. The molecule has 0 fully saturated rings. The monoisotopic (exact) mass is 332 g/mol. The second-order valence-corrected chi connectivity index (χ2v) is 5.40. The van der Waals surface area contributed by atoms with Gasteiger partial charge in [0, 0.05) is 10.7 Å². The second kappa shape index (κ2) is 6.05. The van der Waals surface area contributed by atoms with Crippen LogP contribution in [0.4, 0.5) is 0 Å². The van der Waals surface area contributed by atoms with Crippen LogP contribution in [0, 0.1) is 12.3 Å². The van der Waals surface area contributed by atoms with Crippen molar-refractivity contribution < 1.29 is 0 Å². The molecule has 0 bridgehead atoms. The minimum absolute atomic E-state index is 0.356. The van der Waals surface area contributed by atoms with E-state index in [1.165, 1.54) is 17.5 Å². The molecule has 0 aliphatic heterocycles. The van der Waals surface area contributed by atoms with Crippen molar-refractivity contribution in [2.75, 3.05) is 10.7 Å². The zero-order valence-electron chi connectivity index (χ0n) is 9.39. The van der Waals surface area contributed by atoms with E-state index in [1.54, 1.807) is 0 Å². The number of halogens is 2. The molecular weight excluding hydrogens is 316 g/mol.